The monoisotopic (exact) mass is 286 g/mol. The standard InChI is InChI=1S/C14H19ClO4/c1-5-10-9(6-8(2)14(16)17)7-11(15)13(19-4)12(10)18-3/h7-8H,5-6H2,1-4H3,(H,16,17). The molecule has 4 nitrogen and oxygen atoms in total. The number of halogens is 1. The van der Waals surface area contributed by atoms with Crippen molar-refractivity contribution in [3.63, 3.8) is 0 Å². The van der Waals surface area contributed by atoms with Gasteiger partial charge in [0.2, 0.25) is 0 Å². The lowest BCUT2D eigenvalue weighted by atomic mass is 9.94. The molecule has 1 aromatic carbocycles. The molecule has 0 radical (unpaired) electrons. The smallest absolute Gasteiger partial charge is 0.306 e. The predicted molar refractivity (Wildman–Crippen MR) is 74.4 cm³/mol. The second-order valence-corrected chi connectivity index (χ2v) is 4.77. The van der Waals surface area contributed by atoms with Crippen LogP contribution in [-0.2, 0) is 17.6 Å². The first-order valence-electron chi connectivity index (χ1n) is 6.11. The molecule has 0 bridgehead atoms. The second-order valence-electron chi connectivity index (χ2n) is 4.36. The van der Waals surface area contributed by atoms with Crippen LogP contribution in [-0.4, -0.2) is 25.3 Å². The minimum absolute atomic E-state index is 0.415. The van der Waals surface area contributed by atoms with E-state index < -0.39 is 11.9 Å². The number of carboxylic acid groups (broad SMARTS) is 1. The molecule has 0 amide bonds. The van der Waals surface area contributed by atoms with Gasteiger partial charge in [-0.1, -0.05) is 25.4 Å². The average molecular weight is 287 g/mol. The van der Waals surface area contributed by atoms with E-state index in [0.29, 0.717) is 22.9 Å². The second kappa shape index (κ2) is 6.66. The highest BCUT2D eigenvalue weighted by Gasteiger charge is 2.21. The van der Waals surface area contributed by atoms with Gasteiger partial charge in [-0.05, 0) is 24.5 Å². The number of ether oxygens (including phenoxy) is 2. The number of benzene rings is 1. The average Bonchev–Trinajstić information content (AvgIpc) is 2.37. The number of aliphatic carboxylic acids is 1. The fourth-order valence-corrected chi connectivity index (χ4v) is 2.38. The SMILES string of the molecule is CCc1c(CC(C)C(=O)O)cc(Cl)c(OC)c1OC. The van der Waals surface area contributed by atoms with E-state index in [1.807, 2.05) is 6.92 Å². The molecule has 1 atom stereocenters. The van der Waals surface area contributed by atoms with Gasteiger partial charge in [0.05, 0.1) is 25.2 Å². The first-order valence-corrected chi connectivity index (χ1v) is 6.49. The summed E-state index contributed by atoms with van der Waals surface area (Å²) in [5, 5.41) is 9.45. The van der Waals surface area contributed by atoms with Gasteiger partial charge in [0.15, 0.2) is 11.5 Å². The Kier molecular flexibility index (Phi) is 5.48. The summed E-state index contributed by atoms with van der Waals surface area (Å²) in [6.45, 7) is 3.66. The fraction of sp³-hybridized carbons (Fsp3) is 0.500. The molecule has 0 saturated heterocycles. The lowest BCUT2D eigenvalue weighted by Crippen LogP contribution is -2.14. The van der Waals surface area contributed by atoms with Crippen LogP contribution in [0.4, 0.5) is 0 Å². The van der Waals surface area contributed by atoms with Gasteiger partial charge >= 0.3 is 5.97 Å². The molecule has 0 aliphatic heterocycles. The van der Waals surface area contributed by atoms with Crippen molar-refractivity contribution >= 4 is 17.6 Å². The molecule has 5 heteroatoms. The van der Waals surface area contributed by atoms with Gasteiger partial charge in [0, 0.05) is 5.56 Å². The van der Waals surface area contributed by atoms with Crippen LogP contribution < -0.4 is 9.47 Å². The minimum Gasteiger partial charge on any atom is -0.493 e. The van der Waals surface area contributed by atoms with Gasteiger partial charge in [-0.25, -0.2) is 0 Å². The molecule has 0 saturated carbocycles. The van der Waals surface area contributed by atoms with Gasteiger partial charge in [-0.2, -0.15) is 0 Å². The third-order valence-corrected chi connectivity index (χ3v) is 3.38. The zero-order valence-electron chi connectivity index (χ0n) is 11.6. The van der Waals surface area contributed by atoms with E-state index >= 15 is 0 Å². The van der Waals surface area contributed by atoms with E-state index in [0.717, 1.165) is 17.5 Å². The normalized spacial score (nSPS) is 12.1. The van der Waals surface area contributed by atoms with Crippen molar-refractivity contribution in [2.75, 3.05) is 14.2 Å². The lowest BCUT2D eigenvalue weighted by molar-refractivity contribution is -0.141. The number of carbonyl (C=O) groups is 1. The number of hydrogen-bond acceptors (Lipinski definition) is 3. The van der Waals surface area contributed by atoms with Crippen molar-refractivity contribution < 1.29 is 19.4 Å². The molecule has 0 aliphatic carbocycles. The highest BCUT2D eigenvalue weighted by atomic mass is 35.5. The van der Waals surface area contributed by atoms with E-state index in [9.17, 15) is 4.79 Å². The van der Waals surface area contributed by atoms with Gasteiger partial charge in [-0.15, -0.1) is 0 Å². The number of carboxylic acids is 1. The number of rotatable bonds is 6. The molecule has 1 aromatic rings. The third kappa shape index (κ3) is 3.32. The Hall–Kier alpha value is -1.42. The third-order valence-electron chi connectivity index (χ3n) is 3.10. The van der Waals surface area contributed by atoms with Crippen LogP contribution in [0.1, 0.15) is 25.0 Å². The largest absolute Gasteiger partial charge is 0.493 e. The molecule has 19 heavy (non-hydrogen) atoms. The summed E-state index contributed by atoms with van der Waals surface area (Å²) in [5.41, 5.74) is 1.83. The van der Waals surface area contributed by atoms with Crippen molar-refractivity contribution in [3.05, 3.63) is 22.2 Å². The Morgan fingerprint density at radius 3 is 2.37 bits per heavy atom. The first-order chi connectivity index (χ1) is 8.96. The predicted octanol–water partition coefficient (Wildman–Crippen LogP) is 3.18. The maximum Gasteiger partial charge on any atom is 0.306 e. The van der Waals surface area contributed by atoms with Crippen molar-refractivity contribution in [3.8, 4) is 11.5 Å². The van der Waals surface area contributed by atoms with Crippen LogP contribution in [0.25, 0.3) is 0 Å². The highest BCUT2D eigenvalue weighted by Crippen LogP contribution is 2.40. The molecule has 0 heterocycles. The summed E-state index contributed by atoms with van der Waals surface area (Å²) < 4.78 is 10.6. The summed E-state index contributed by atoms with van der Waals surface area (Å²) in [4.78, 5) is 11.0. The Balaban J connectivity index is 3.32. The number of hydrogen-bond donors (Lipinski definition) is 1. The van der Waals surface area contributed by atoms with E-state index in [-0.39, 0.29) is 0 Å². The first kappa shape index (κ1) is 15.6. The van der Waals surface area contributed by atoms with Crippen molar-refractivity contribution in [1.29, 1.82) is 0 Å². The van der Waals surface area contributed by atoms with E-state index in [1.54, 1.807) is 20.1 Å². The minimum atomic E-state index is -0.826. The molecule has 0 aliphatic rings. The Bertz CT molecular complexity index is 471. The highest BCUT2D eigenvalue weighted by molar-refractivity contribution is 6.32. The topological polar surface area (TPSA) is 55.8 Å². The van der Waals surface area contributed by atoms with Crippen LogP contribution >= 0.6 is 11.6 Å². The van der Waals surface area contributed by atoms with Gasteiger partial charge in [-0.3, -0.25) is 4.79 Å². The van der Waals surface area contributed by atoms with E-state index in [1.165, 1.54) is 7.11 Å². The maximum atomic E-state index is 11.0. The van der Waals surface area contributed by atoms with Crippen LogP contribution in [0.5, 0.6) is 11.5 Å². The Morgan fingerprint density at radius 2 is 1.95 bits per heavy atom. The van der Waals surface area contributed by atoms with Crippen LogP contribution in [0.2, 0.25) is 5.02 Å². The fourth-order valence-electron chi connectivity index (χ4n) is 2.09. The van der Waals surface area contributed by atoms with E-state index in [2.05, 4.69) is 0 Å². The molecule has 1 unspecified atom stereocenters. The maximum absolute atomic E-state index is 11.0. The molecule has 106 valence electrons. The summed E-state index contributed by atoms with van der Waals surface area (Å²) in [6.07, 6.45) is 1.14. The van der Waals surface area contributed by atoms with Crippen LogP contribution in [0, 0.1) is 5.92 Å². The van der Waals surface area contributed by atoms with Gasteiger partial charge in [0.1, 0.15) is 0 Å². The van der Waals surface area contributed by atoms with Gasteiger partial charge < -0.3 is 14.6 Å². The molecule has 0 spiro atoms. The Labute approximate surface area is 118 Å². The summed E-state index contributed by atoms with van der Waals surface area (Å²) in [6, 6.07) is 1.77. The molecule has 0 fully saturated rings. The lowest BCUT2D eigenvalue weighted by Gasteiger charge is -2.18. The molecular weight excluding hydrogens is 268 g/mol. The molecular formula is C14H19ClO4. The quantitative estimate of drug-likeness (QED) is 0.872. The zero-order chi connectivity index (χ0) is 14.6. The summed E-state index contributed by atoms with van der Waals surface area (Å²) >= 11 is 6.15. The molecule has 1 rings (SSSR count). The summed E-state index contributed by atoms with van der Waals surface area (Å²) in [5.74, 6) is -0.217. The van der Waals surface area contributed by atoms with E-state index in [4.69, 9.17) is 26.2 Å². The van der Waals surface area contributed by atoms with Crippen molar-refractivity contribution in [2.45, 2.75) is 26.7 Å². The van der Waals surface area contributed by atoms with Gasteiger partial charge in [0.25, 0.3) is 0 Å². The van der Waals surface area contributed by atoms with Crippen molar-refractivity contribution in [1.82, 2.24) is 0 Å². The zero-order valence-corrected chi connectivity index (χ0v) is 12.4. The Morgan fingerprint density at radius 1 is 1.37 bits per heavy atom. The van der Waals surface area contributed by atoms with Crippen LogP contribution in [0.15, 0.2) is 6.07 Å². The molecule has 0 aromatic heterocycles. The van der Waals surface area contributed by atoms with Crippen molar-refractivity contribution in [2.24, 2.45) is 5.92 Å². The molecule has 1 N–H and O–H groups in total. The summed E-state index contributed by atoms with van der Waals surface area (Å²) in [7, 11) is 3.08. The number of methoxy groups -OCH3 is 2. The van der Waals surface area contributed by atoms with Crippen LogP contribution in [0.3, 0.4) is 0 Å².